The van der Waals surface area contributed by atoms with Crippen molar-refractivity contribution < 1.29 is 17.9 Å². The molecule has 36 heavy (non-hydrogen) atoms. The third-order valence-corrected chi connectivity index (χ3v) is 11.3. The van der Waals surface area contributed by atoms with Crippen LogP contribution in [0.15, 0.2) is 36.1 Å². The molecule has 1 unspecified atom stereocenters. The Labute approximate surface area is 217 Å². The van der Waals surface area contributed by atoms with Crippen LogP contribution in [0.5, 0.6) is 0 Å². The molecule has 4 fully saturated rings. The molecule has 1 aromatic rings. The highest BCUT2D eigenvalue weighted by atomic mass is 32.2. The molecule has 8 heteroatoms. The second kappa shape index (κ2) is 11.0. The van der Waals surface area contributed by atoms with Crippen LogP contribution in [0.2, 0.25) is 0 Å². The molecule has 200 valence electrons. The predicted octanol–water partition coefficient (Wildman–Crippen LogP) is 3.79. The zero-order chi connectivity index (χ0) is 25.2. The normalized spacial score (nSPS) is 27.6. The van der Waals surface area contributed by atoms with Gasteiger partial charge in [0.15, 0.2) is 0 Å². The second-order valence-electron chi connectivity index (χ2n) is 11.1. The van der Waals surface area contributed by atoms with Crippen molar-refractivity contribution in [1.29, 1.82) is 0 Å². The van der Waals surface area contributed by atoms with E-state index in [-0.39, 0.29) is 16.8 Å². The van der Waals surface area contributed by atoms with E-state index < -0.39 is 10.0 Å². The van der Waals surface area contributed by atoms with Gasteiger partial charge in [0, 0.05) is 70.1 Å². The van der Waals surface area contributed by atoms with E-state index >= 15 is 0 Å². The highest BCUT2D eigenvalue weighted by molar-refractivity contribution is 7.89. The SMILES string of the molecule is C/C=C1\OC(CCN2CCN(c3ccc(C)cc3)CC2)CC12CCN(S(=O)(=O)C1CCOCC1)CC2. The minimum atomic E-state index is -3.24. The summed E-state index contributed by atoms with van der Waals surface area (Å²) in [6, 6.07) is 8.85. The van der Waals surface area contributed by atoms with E-state index in [0.29, 0.717) is 39.1 Å². The molecule has 0 N–H and O–H groups in total. The third kappa shape index (κ3) is 5.47. The van der Waals surface area contributed by atoms with Crippen molar-refractivity contribution in [3.63, 3.8) is 0 Å². The number of hydrogen-bond acceptors (Lipinski definition) is 6. The number of anilines is 1. The molecule has 1 atom stereocenters. The molecule has 7 nitrogen and oxygen atoms in total. The molecular weight excluding hydrogens is 474 g/mol. The number of ether oxygens (including phenoxy) is 2. The van der Waals surface area contributed by atoms with Gasteiger partial charge >= 0.3 is 0 Å². The molecule has 0 amide bonds. The maximum absolute atomic E-state index is 13.2. The Hall–Kier alpha value is -1.61. The zero-order valence-electron chi connectivity index (χ0n) is 22.0. The van der Waals surface area contributed by atoms with Crippen LogP contribution in [0.1, 0.15) is 51.0 Å². The standard InChI is InChI=1S/C28H43N3O4S/c1-3-27-28(11-14-31(15-12-28)36(32,33)26-9-20-34-21-10-26)22-25(35-27)8-13-29-16-18-30(19-17-29)24-6-4-23(2)5-7-24/h3-7,25-26H,8-22H2,1-2H3/b27-3-. The number of nitrogens with zero attached hydrogens (tertiary/aromatic N) is 3. The lowest BCUT2D eigenvalue weighted by molar-refractivity contribution is 0.0961. The van der Waals surface area contributed by atoms with E-state index in [1.165, 1.54) is 11.3 Å². The number of benzene rings is 1. The molecule has 0 bridgehead atoms. The third-order valence-electron chi connectivity index (χ3n) is 8.86. The van der Waals surface area contributed by atoms with Crippen molar-refractivity contribution in [2.75, 3.05) is 63.9 Å². The Kier molecular flexibility index (Phi) is 7.96. The number of hydrogen-bond donors (Lipinski definition) is 0. The fourth-order valence-electron chi connectivity index (χ4n) is 6.53. The summed E-state index contributed by atoms with van der Waals surface area (Å²) in [4.78, 5) is 5.05. The van der Waals surface area contributed by atoms with Gasteiger partial charge in [-0.1, -0.05) is 17.7 Å². The number of aryl methyl sites for hydroxylation is 1. The van der Waals surface area contributed by atoms with Crippen LogP contribution in [0.3, 0.4) is 0 Å². The van der Waals surface area contributed by atoms with Crippen LogP contribution in [0.4, 0.5) is 5.69 Å². The fourth-order valence-corrected chi connectivity index (χ4v) is 8.43. The first-order chi connectivity index (χ1) is 17.4. The molecule has 0 aromatic heterocycles. The predicted molar refractivity (Wildman–Crippen MR) is 144 cm³/mol. The molecule has 4 saturated heterocycles. The van der Waals surface area contributed by atoms with Crippen LogP contribution >= 0.6 is 0 Å². The molecule has 0 aliphatic carbocycles. The summed E-state index contributed by atoms with van der Waals surface area (Å²) >= 11 is 0. The number of rotatable bonds is 6. The minimum absolute atomic E-state index is 0.00521. The van der Waals surface area contributed by atoms with Gasteiger partial charge in [0.05, 0.1) is 11.0 Å². The summed E-state index contributed by atoms with van der Waals surface area (Å²) in [6.07, 6.45) is 7.37. The molecule has 0 saturated carbocycles. The molecule has 1 aromatic carbocycles. The fraction of sp³-hybridized carbons (Fsp3) is 0.714. The van der Waals surface area contributed by atoms with Crippen molar-refractivity contribution in [1.82, 2.24) is 9.21 Å². The van der Waals surface area contributed by atoms with Crippen LogP contribution in [0.25, 0.3) is 0 Å². The van der Waals surface area contributed by atoms with E-state index in [2.05, 4.69) is 54.0 Å². The average molecular weight is 518 g/mol. The first-order valence-corrected chi connectivity index (χ1v) is 15.3. The van der Waals surface area contributed by atoms with E-state index in [1.807, 2.05) is 0 Å². The van der Waals surface area contributed by atoms with Crippen LogP contribution in [0, 0.1) is 12.3 Å². The topological polar surface area (TPSA) is 62.3 Å². The van der Waals surface area contributed by atoms with E-state index in [1.54, 1.807) is 4.31 Å². The number of piperidine rings is 1. The lowest BCUT2D eigenvalue weighted by Gasteiger charge is -2.39. The van der Waals surface area contributed by atoms with Gasteiger partial charge in [-0.05, 0) is 70.6 Å². The summed E-state index contributed by atoms with van der Waals surface area (Å²) in [6.45, 7) is 11.9. The number of allylic oxidation sites excluding steroid dienone is 2. The Bertz CT molecular complexity index is 1000. The Morgan fingerprint density at radius 2 is 1.67 bits per heavy atom. The van der Waals surface area contributed by atoms with Gasteiger partial charge in [-0.2, -0.15) is 0 Å². The van der Waals surface area contributed by atoms with Gasteiger partial charge in [-0.3, -0.25) is 4.90 Å². The van der Waals surface area contributed by atoms with Crippen molar-refractivity contribution in [2.24, 2.45) is 5.41 Å². The summed E-state index contributed by atoms with van der Waals surface area (Å²) in [5.41, 5.74) is 2.63. The highest BCUT2D eigenvalue weighted by Gasteiger charge is 2.48. The summed E-state index contributed by atoms with van der Waals surface area (Å²) in [7, 11) is -3.24. The van der Waals surface area contributed by atoms with Crippen molar-refractivity contribution >= 4 is 15.7 Å². The zero-order valence-corrected chi connectivity index (χ0v) is 22.8. The van der Waals surface area contributed by atoms with Crippen LogP contribution < -0.4 is 4.90 Å². The maximum atomic E-state index is 13.2. The van der Waals surface area contributed by atoms with Crippen molar-refractivity contribution in [3.05, 3.63) is 41.7 Å². The van der Waals surface area contributed by atoms with E-state index in [4.69, 9.17) is 9.47 Å². The quantitative estimate of drug-likeness (QED) is 0.572. The van der Waals surface area contributed by atoms with Gasteiger partial charge < -0.3 is 14.4 Å². The largest absolute Gasteiger partial charge is 0.494 e. The Balaban J connectivity index is 1.10. The van der Waals surface area contributed by atoms with Gasteiger partial charge in [0.2, 0.25) is 10.0 Å². The van der Waals surface area contributed by atoms with Gasteiger partial charge in [0.1, 0.15) is 6.10 Å². The minimum Gasteiger partial charge on any atom is -0.494 e. The molecule has 1 spiro atoms. The van der Waals surface area contributed by atoms with Crippen LogP contribution in [-0.2, 0) is 19.5 Å². The van der Waals surface area contributed by atoms with Gasteiger partial charge in [-0.15, -0.1) is 0 Å². The Morgan fingerprint density at radius 1 is 1.00 bits per heavy atom. The monoisotopic (exact) mass is 517 g/mol. The van der Waals surface area contributed by atoms with E-state index in [9.17, 15) is 8.42 Å². The maximum Gasteiger partial charge on any atom is 0.217 e. The second-order valence-corrected chi connectivity index (χ2v) is 13.3. The number of sulfonamides is 1. The number of piperazine rings is 1. The highest BCUT2D eigenvalue weighted by Crippen LogP contribution is 2.50. The first kappa shape index (κ1) is 26.0. The molecule has 0 radical (unpaired) electrons. The molecular formula is C28H43N3O4S. The lowest BCUT2D eigenvalue weighted by Crippen LogP contribution is -2.48. The molecule has 4 heterocycles. The van der Waals surface area contributed by atoms with E-state index in [0.717, 1.165) is 64.2 Å². The summed E-state index contributed by atoms with van der Waals surface area (Å²) in [5.74, 6) is 1.10. The average Bonchev–Trinajstić information content (AvgIpc) is 3.25. The van der Waals surface area contributed by atoms with Gasteiger partial charge in [0.25, 0.3) is 0 Å². The summed E-state index contributed by atoms with van der Waals surface area (Å²) < 4.78 is 40.0. The van der Waals surface area contributed by atoms with Gasteiger partial charge in [-0.25, -0.2) is 12.7 Å². The van der Waals surface area contributed by atoms with Crippen molar-refractivity contribution in [3.8, 4) is 0 Å². The first-order valence-electron chi connectivity index (χ1n) is 13.8. The van der Waals surface area contributed by atoms with Crippen LogP contribution in [-0.4, -0.2) is 88.0 Å². The lowest BCUT2D eigenvalue weighted by atomic mass is 9.74. The summed E-state index contributed by atoms with van der Waals surface area (Å²) in [5, 5.41) is -0.277. The molecule has 4 aliphatic rings. The molecule has 5 rings (SSSR count). The smallest absolute Gasteiger partial charge is 0.217 e. The Morgan fingerprint density at radius 3 is 2.31 bits per heavy atom. The van der Waals surface area contributed by atoms with Crippen molar-refractivity contribution in [2.45, 2.75) is 63.7 Å². The molecule has 4 aliphatic heterocycles.